The average molecular weight is 181 g/mol. The first-order valence-corrected chi connectivity index (χ1v) is 5.03. The van der Waals surface area contributed by atoms with Gasteiger partial charge in [0, 0.05) is 5.41 Å². The predicted octanol–water partition coefficient (Wildman–Crippen LogP) is 2.69. The molecule has 1 aromatic heterocycles. The molecule has 0 aromatic carbocycles. The van der Waals surface area contributed by atoms with Crippen LogP contribution in [0.3, 0.4) is 0 Å². The van der Waals surface area contributed by atoms with Gasteiger partial charge in [-0.05, 0) is 37.9 Å². The summed E-state index contributed by atoms with van der Waals surface area (Å²) in [6.45, 7) is 5.12. The Bertz CT molecular complexity index is 224. The molecule has 1 rings (SSSR count). The van der Waals surface area contributed by atoms with E-state index in [-0.39, 0.29) is 5.41 Å². The maximum absolute atomic E-state index is 5.63. The molecular formula is C11H19NO. The van der Waals surface area contributed by atoms with Gasteiger partial charge in [0.25, 0.3) is 0 Å². The zero-order chi connectivity index (χ0) is 9.73. The molecule has 0 amide bonds. The minimum absolute atomic E-state index is 0.165. The third-order valence-corrected chi connectivity index (χ3v) is 3.02. The summed E-state index contributed by atoms with van der Waals surface area (Å²) >= 11 is 0. The zero-order valence-corrected chi connectivity index (χ0v) is 8.55. The van der Waals surface area contributed by atoms with Crippen LogP contribution in [0.5, 0.6) is 0 Å². The fourth-order valence-electron chi connectivity index (χ4n) is 1.93. The van der Waals surface area contributed by atoms with E-state index >= 15 is 0 Å². The summed E-state index contributed by atoms with van der Waals surface area (Å²) in [6, 6.07) is 4.01. The van der Waals surface area contributed by atoms with E-state index in [4.69, 9.17) is 10.2 Å². The Labute approximate surface area is 80.1 Å². The highest BCUT2D eigenvalue weighted by molar-refractivity contribution is 5.13. The number of hydrogen-bond donors (Lipinski definition) is 1. The molecule has 0 aliphatic heterocycles. The Hall–Kier alpha value is -0.760. The Morgan fingerprint density at radius 1 is 1.38 bits per heavy atom. The normalized spacial score (nSPS) is 11.9. The van der Waals surface area contributed by atoms with Crippen molar-refractivity contribution in [3.8, 4) is 0 Å². The molecule has 0 fully saturated rings. The largest absolute Gasteiger partial charge is 0.469 e. The molecule has 13 heavy (non-hydrogen) atoms. The molecule has 0 spiro atoms. The number of furan rings is 1. The van der Waals surface area contributed by atoms with Crippen molar-refractivity contribution in [1.82, 2.24) is 0 Å². The van der Waals surface area contributed by atoms with Gasteiger partial charge in [0.15, 0.2) is 0 Å². The fourth-order valence-corrected chi connectivity index (χ4v) is 1.93. The van der Waals surface area contributed by atoms with Crippen molar-refractivity contribution in [3.63, 3.8) is 0 Å². The molecule has 0 atom stereocenters. The van der Waals surface area contributed by atoms with Gasteiger partial charge in [-0.1, -0.05) is 13.8 Å². The van der Waals surface area contributed by atoms with E-state index in [1.165, 1.54) is 0 Å². The van der Waals surface area contributed by atoms with Crippen LogP contribution in [-0.4, -0.2) is 6.54 Å². The minimum Gasteiger partial charge on any atom is -0.469 e. The lowest BCUT2D eigenvalue weighted by Gasteiger charge is -2.28. The predicted molar refractivity (Wildman–Crippen MR) is 54.6 cm³/mol. The number of hydrogen-bond acceptors (Lipinski definition) is 2. The SMILES string of the molecule is CCC(CC)(CCN)c1ccco1. The van der Waals surface area contributed by atoms with Gasteiger partial charge in [-0.15, -0.1) is 0 Å². The van der Waals surface area contributed by atoms with Crippen molar-refractivity contribution in [1.29, 1.82) is 0 Å². The van der Waals surface area contributed by atoms with Crippen LogP contribution >= 0.6 is 0 Å². The second kappa shape index (κ2) is 4.47. The first kappa shape index (κ1) is 10.3. The average Bonchev–Trinajstić information content (AvgIpc) is 2.68. The summed E-state index contributed by atoms with van der Waals surface area (Å²) in [5.41, 5.74) is 5.80. The maximum atomic E-state index is 5.63. The molecule has 2 N–H and O–H groups in total. The molecule has 74 valence electrons. The zero-order valence-electron chi connectivity index (χ0n) is 8.55. The molecule has 1 heterocycles. The van der Waals surface area contributed by atoms with Crippen molar-refractivity contribution in [2.45, 2.75) is 38.5 Å². The summed E-state index contributed by atoms with van der Waals surface area (Å²) in [5.74, 6) is 1.09. The van der Waals surface area contributed by atoms with Gasteiger partial charge >= 0.3 is 0 Å². The first-order valence-electron chi connectivity index (χ1n) is 5.03. The molecule has 0 saturated heterocycles. The van der Waals surface area contributed by atoms with Gasteiger partial charge in [0.2, 0.25) is 0 Å². The third-order valence-electron chi connectivity index (χ3n) is 3.02. The van der Waals surface area contributed by atoms with E-state index in [1.807, 2.05) is 6.07 Å². The van der Waals surface area contributed by atoms with Crippen LogP contribution in [0.4, 0.5) is 0 Å². The van der Waals surface area contributed by atoms with E-state index in [9.17, 15) is 0 Å². The molecular weight excluding hydrogens is 162 g/mol. The number of nitrogens with two attached hydrogens (primary N) is 1. The molecule has 0 saturated carbocycles. The van der Waals surface area contributed by atoms with Crippen molar-refractivity contribution >= 4 is 0 Å². The van der Waals surface area contributed by atoms with Crippen molar-refractivity contribution in [2.75, 3.05) is 6.54 Å². The van der Waals surface area contributed by atoms with E-state index in [1.54, 1.807) is 6.26 Å². The third kappa shape index (κ3) is 1.94. The summed E-state index contributed by atoms with van der Waals surface area (Å²) < 4.78 is 5.48. The molecule has 2 heteroatoms. The second-order valence-electron chi connectivity index (χ2n) is 3.50. The van der Waals surface area contributed by atoms with Gasteiger partial charge in [0.05, 0.1) is 6.26 Å². The summed E-state index contributed by atoms with van der Waals surface area (Å²) in [4.78, 5) is 0. The minimum atomic E-state index is 0.165. The van der Waals surface area contributed by atoms with Gasteiger partial charge in [0.1, 0.15) is 5.76 Å². The first-order chi connectivity index (χ1) is 6.29. The Kier molecular flexibility index (Phi) is 3.55. The smallest absolute Gasteiger partial charge is 0.109 e. The van der Waals surface area contributed by atoms with Crippen LogP contribution in [0.1, 0.15) is 38.9 Å². The molecule has 2 nitrogen and oxygen atoms in total. The van der Waals surface area contributed by atoms with Crippen LogP contribution in [-0.2, 0) is 5.41 Å². The summed E-state index contributed by atoms with van der Waals surface area (Å²) in [5, 5.41) is 0. The van der Waals surface area contributed by atoms with Crippen molar-refractivity contribution in [3.05, 3.63) is 24.2 Å². The van der Waals surface area contributed by atoms with Crippen LogP contribution in [0, 0.1) is 0 Å². The van der Waals surface area contributed by atoms with E-state index in [0.29, 0.717) is 0 Å². The van der Waals surface area contributed by atoms with Crippen LogP contribution < -0.4 is 5.73 Å². The Morgan fingerprint density at radius 3 is 2.46 bits per heavy atom. The molecule has 0 bridgehead atoms. The van der Waals surface area contributed by atoms with Gasteiger partial charge in [-0.25, -0.2) is 0 Å². The summed E-state index contributed by atoms with van der Waals surface area (Å²) in [7, 11) is 0. The lowest BCUT2D eigenvalue weighted by atomic mass is 9.77. The highest BCUT2D eigenvalue weighted by atomic mass is 16.3. The van der Waals surface area contributed by atoms with E-state index in [2.05, 4.69) is 19.9 Å². The molecule has 0 aliphatic rings. The van der Waals surface area contributed by atoms with Crippen molar-refractivity contribution in [2.24, 2.45) is 5.73 Å². The lowest BCUT2D eigenvalue weighted by molar-refractivity contribution is 0.296. The van der Waals surface area contributed by atoms with Gasteiger partial charge in [-0.3, -0.25) is 0 Å². The monoisotopic (exact) mass is 181 g/mol. The molecule has 1 aromatic rings. The topological polar surface area (TPSA) is 39.2 Å². The molecule has 0 aliphatic carbocycles. The van der Waals surface area contributed by atoms with Gasteiger partial charge < -0.3 is 10.2 Å². The standard InChI is InChI=1S/C11H19NO/c1-3-11(4-2,7-8-12)10-6-5-9-13-10/h5-6,9H,3-4,7-8,12H2,1-2H3. The van der Waals surface area contributed by atoms with E-state index < -0.39 is 0 Å². The molecule has 0 radical (unpaired) electrons. The second-order valence-corrected chi connectivity index (χ2v) is 3.50. The Morgan fingerprint density at radius 2 is 2.08 bits per heavy atom. The van der Waals surface area contributed by atoms with E-state index in [0.717, 1.165) is 31.6 Å². The van der Waals surface area contributed by atoms with Crippen LogP contribution in [0.2, 0.25) is 0 Å². The van der Waals surface area contributed by atoms with Gasteiger partial charge in [-0.2, -0.15) is 0 Å². The quantitative estimate of drug-likeness (QED) is 0.758. The van der Waals surface area contributed by atoms with Crippen LogP contribution in [0.25, 0.3) is 0 Å². The lowest BCUT2D eigenvalue weighted by Crippen LogP contribution is -2.27. The molecule has 0 unspecified atom stereocenters. The van der Waals surface area contributed by atoms with Crippen LogP contribution in [0.15, 0.2) is 22.8 Å². The highest BCUT2D eigenvalue weighted by Gasteiger charge is 2.29. The number of rotatable bonds is 5. The highest BCUT2D eigenvalue weighted by Crippen LogP contribution is 2.34. The van der Waals surface area contributed by atoms with Crippen molar-refractivity contribution < 1.29 is 4.42 Å². The Balaban J connectivity index is 2.89. The summed E-state index contributed by atoms with van der Waals surface area (Å²) in [6.07, 6.45) is 4.93. The maximum Gasteiger partial charge on any atom is 0.109 e. The fraction of sp³-hybridized carbons (Fsp3) is 0.636.